The van der Waals surface area contributed by atoms with Gasteiger partial charge in [-0.05, 0) is 75.6 Å². The highest BCUT2D eigenvalue weighted by molar-refractivity contribution is 9.10. The zero-order valence-corrected chi connectivity index (χ0v) is 20.4. The number of carbonyl (C=O) groups excluding carboxylic acids is 2. The van der Waals surface area contributed by atoms with Gasteiger partial charge in [0, 0.05) is 10.2 Å². The normalized spacial score (nSPS) is 10.7. The molecule has 0 fully saturated rings. The minimum atomic E-state index is -0.917. The number of amides is 2. The van der Waals surface area contributed by atoms with E-state index >= 15 is 0 Å². The molecule has 2 N–H and O–H groups in total. The smallest absolute Gasteiger partial charge is 0.329 e. The molecule has 0 unspecified atom stereocenters. The summed E-state index contributed by atoms with van der Waals surface area (Å²) in [4.78, 5) is 23.9. The Morgan fingerprint density at radius 1 is 1.03 bits per heavy atom. The van der Waals surface area contributed by atoms with Crippen molar-refractivity contribution in [3.63, 3.8) is 0 Å². The van der Waals surface area contributed by atoms with E-state index in [1.807, 2.05) is 0 Å². The first-order valence-corrected chi connectivity index (χ1v) is 11.1. The average molecular weight is 579 g/mol. The maximum absolute atomic E-state index is 13.1. The summed E-state index contributed by atoms with van der Waals surface area (Å²) in [5.74, 6) is -1.21. The lowest BCUT2D eigenvalue weighted by Crippen LogP contribution is -2.32. The van der Waals surface area contributed by atoms with E-state index in [2.05, 4.69) is 47.7 Å². The van der Waals surface area contributed by atoms with Crippen molar-refractivity contribution >= 4 is 55.6 Å². The van der Waals surface area contributed by atoms with Crippen LogP contribution in [0.3, 0.4) is 0 Å². The standard InChI is InChI=1S/C23H18Br2FN3O4/c1-32-20-11-15(10-19(25)21(20)33-13-14-2-6-17(26)7-3-14)12-27-29-23(31)22(30)28-18-8-4-16(24)5-9-18/h2-12H,13H2,1H3,(H,28,30)(H,29,31)/b27-12+. The molecule has 0 aliphatic heterocycles. The van der Waals surface area contributed by atoms with Crippen molar-refractivity contribution in [3.8, 4) is 11.5 Å². The van der Waals surface area contributed by atoms with Gasteiger partial charge < -0.3 is 14.8 Å². The Morgan fingerprint density at radius 2 is 1.73 bits per heavy atom. The van der Waals surface area contributed by atoms with Gasteiger partial charge in [-0.1, -0.05) is 28.1 Å². The molecule has 0 saturated carbocycles. The van der Waals surface area contributed by atoms with Crippen LogP contribution in [0.4, 0.5) is 10.1 Å². The number of hydrogen-bond acceptors (Lipinski definition) is 5. The maximum atomic E-state index is 13.1. The van der Waals surface area contributed by atoms with Gasteiger partial charge in [-0.3, -0.25) is 9.59 Å². The quantitative estimate of drug-likeness (QED) is 0.234. The van der Waals surface area contributed by atoms with E-state index in [-0.39, 0.29) is 12.4 Å². The Morgan fingerprint density at radius 3 is 2.39 bits per heavy atom. The molecule has 3 aromatic carbocycles. The number of hydrogen-bond donors (Lipinski definition) is 2. The van der Waals surface area contributed by atoms with E-state index in [9.17, 15) is 14.0 Å². The van der Waals surface area contributed by atoms with Gasteiger partial charge >= 0.3 is 11.8 Å². The van der Waals surface area contributed by atoms with Crippen LogP contribution in [0.15, 0.2) is 74.7 Å². The van der Waals surface area contributed by atoms with Crippen molar-refractivity contribution in [2.24, 2.45) is 5.10 Å². The van der Waals surface area contributed by atoms with Crippen LogP contribution in [0, 0.1) is 5.82 Å². The van der Waals surface area contributed by atoms with Crippen LogP contribution in [0.1, 0.15) is 11.1 Å². The minimum Gasteiger partial charge on any atom is -0.493 e. The van der Waals surface area contributed by atoms with E-state index in [0.717, 1.165) is 10.0 Å². The number of anilines is 1. The van der Waals surface area contributed by atoms with Crippen LogP contribution < -0.4 is 20.2 Å². The summed E-state index contributed by atoms with van der Waals surface area (Å²) in [6.07, 6.45) is 1.36. The summed E-state index contributed by atoms with van der Waals surface area (Å²) >= 11 is 6.72. The fraction of sp³-hybridized carbons (Fsp3) is 0.0870. The van der Waals surface area contributed by atoms with Crippen LogP contribution in [-0.4, -0.2) is 25.1 Å². The highest BCUT2D eigenvalue weighted by Crippen LogP contribution is 2.36. The summed E-state index contributed by atoms with van der Waals surface area (Å²) in [7, 11) is 1.49. The van der Waals surface area contributed by atoms with Gasteiger partial charge in [-0.15, -0.1) is 0 Å². The molecule has 33 heavy (non-hydrogen) atoms. The summed E-state index contributed by atoms with van der Waals surface area (Å²) < 4.78 is 25.7. The van der Waals surface area contributed by atoms with Gasteiger partial charge in [0.05, 0.1) is 17.8 Å². The van der Waals surface area contributed by atoms with Crippen LogP contribution in [-0.2, 0) is 16.2 Å². The SMILES string of the molecule is COc1cc(/C=N/NC(=O)C(=O)Nc2ccc(Br)cc2)cc(Br)c1OCc1ccc(F)cc1. The molecule has 2 amide bonds. The summed E-state index contributed by atoms with van der Waals surface area (Å²) in [5.41, 5.74) is 4.03. The van der Waals surface area contributed by atoms with Gasteiger partial charge in [-0.25, -0.2) is 9.82 Å². The number of rotatable bonds is 7. The number of halogens is 3. The van der Waals surface area contributed by atoms with Crippen LogP contribution in [0.2, 0.25) is 0 Å². The summed E-state index contributed by atoms with van der Waals surface area (Å²) in [6.45, 7) is 0.214. The van der Waals surface area contributed by atoms with Crippen LogP contribution in [0.5, 0.6) is 11.5 Å². The van der Waals surface area contributed by atoms with Gasteiger partial charge in [0.15, 0.2) is 11.5 Å². The van der Waals surface area contributed by atoms with Crippen molar-refractivity contribution in [3.05, 3.63) is 86.6 Å². The summed E-state index contributed by atoms with van der Waals surface area (Å²) in [5, 5.41) is 6.29. The number of carbonyl (C=O) groups is 2. The number of nitrogens with one attached hydrogen (secondary N) is 2. The molecule has 0 spiro atoms. The molecule has 7 nitrogen and oxygen atoms in total. The zero-order valence-electron chi connectivity index (χ0n) is 17.3. The molecule has 0 aromatic heterocycles. The first-order chi connectivity index (χ1) is 15.9. The number of hydrazone groups is 1. The third-order valence-corrected chi connectivity index (χ3v) is 5.35. The van der Waals surface area contributed by atoms with Crippen LogP contribution >= 0.6 is 31.9 Å². The lowest BCUT2D eigenvalue weighted by Gasteiger charge is -2.13. The molecular weight excluding hydrogens is 561 g/mol. The number of ether oxygens (including phenoxy) is 2. The zero-order chi connectivity index (χ0) is 23.8. The van der Waals surface area contributed by atoms with Crippen molar-refractivity contribution < 1.29 is 23.5 Å². The van der Waals surface area contributed by atoms with Crippen molar-refractivity contribution in [2.45, 2.75) is 6.61 Å². The molecule has 0 atom stereocenters. The first kappa shape index (κ1) is 24.4. The van der Waals surface area contributed by atoms with Crippen molar-refractivity contribution in [1.29, 1.82) is 0 Å². The third kappa shape index (κ3) is 7.13. The predicted molar refractivity (Wildman–Crippen MR) is 130 cm³/mol. The molecule has 0 aliphatic rings. The molecule has 0 saturated heterocycles. The van der Waals surface area contributed by atoms with Gasteiger partial charge in [0.1, 0.15) is 12.4 Å². The molecule has 0 bridgehead atoms. The Hall–Kier alpha value is -3.24. The van der Waals surface area contributed by atoms with E-state index in [1.165, 1.54) is 25.5 Å². The Kier molecular flexibility index (Phi) is 8.56. The fourth-order valence-electron chi connectivity index (χ4n) is 2.63. The fourth-order valence-corrected chi connectivity index (χ4v) is 3.47. The highest BCUT2D eigenvalue weighted by atomic mass is 79.9. The lowest BCUT2D eigenvalue weighted by molar-refractivity contribution is -0.136. The van der Waals surface area contributed by atoms with E-state index in [1.54, 1.807) is 48.5 Å². The molecular formula is C23H18Br2FN3O4. The second-order valence-electron chi connectivity index (χ2n) is 6.61. The maximum Gasteiger partial charge on any atom is 0.329 e. The molecule has 170 valence electrons. The third-order valence-electron chi connectivity index (χ3n) is 4.24. The van der Waals surface area contributed by atoms with E-state index in [4.69, 9.17) is 9.47 Å². The molecule has 3 aromatic rings. The molecule has 0 radical (unpaired) electrons. The molecule has 10 heteroatoms. The van der Waals surface area contributed by atoms with E-state index in [0.29, 0.717) is 27.2 Å². The van der Waals surface area contributed by atoms with Crippen LogP contribution in [0.25, 0.3) is 0 Å². The topological polar surface area (TPSA) is 89.0 Å². The Balaban J connectivity index is 1.61. The average Bonchev–Trinajstić information content (AvgIpc) is 2.80. The number of benzene rings is 3. The second kappa shape index (κ2) is 11.6. The number of methoxy groups -OCH3 is 1. The van der Waals surface area contributed by atoms with Gasteiger partial charge in [-0.2, -0.15) is 5.10 Å². The second-order valence-corrected chi connectivity index (χ2v) is 8.38. The monoisotopic (exact) mass is 577 g/mol. The summed E-state index contributed by atoms with van der Waals surface area (Å²) in [6, 6.07) is 16.1. The molecule has 0 heterocycles. The van der Waals surface area contributed by atoms with Gasteiger partial charge in [0.2, 0.25) is 0 Å². The Labute approximate surface area is 206 Å². The minimum absolute atomic E-state index is 0.214. The molecule has 3 rings (SSSR count). The van der Waals surface area contributed by atoms with E-state index < -0.39 is 11.8 Å². The molecule has 0 aliphatic carbocycles. The Bertz CT molecular complexity index is 1170. The first-order valence-electron chi connectivity index (χ1n) is 9.50. The highest BCUT2D eigenvalue weighted by Gasteiger charge is 2.14. The predicted octanol–water partition coefficient (Wildman–Crippen LogP) is 5.03. The van der Waals surface area contributed by atoms with Gasteiger partial charge in [0.25, 0.3) is 0 Å². The van der Waals surface area contributed by atoms with Crippen molar-refractivity contribution in [1.82, 2.24) is 5.43 Å². The van der Waals surface area contributed by atoms with Crippen molar-refractivity contribution in [2.75, 3.05) is 12.4 Å². The number of nitrogens with zero attached hydrogens (tertiary/aromatic N) is 1. The lowest BCUT2D eigenvalue weighted by atomic mass is 10.2. The largest absolute Gasteiger partial charge is 0.493 e.